The molecular weight excluding hydrogens is 444 g/mol. The molecule has 0 saturated carbocycles. The maximum absolute atomic E-state index is 11.0. The first-order valence-corrected chi connectivity index (χ1v) is 12.5. The zero-order valence-electron chi connectivity index (χ0n) is 20.2. The number of aryl methyl sites for hydroxylation is 2. The molecule has 0 amide bonds. The van der Waals surface area contributed by atoms with Crippen molar-refractivity contribution in [2.45, 2.75) is 38.5 Å². The fraction of sp³-hybridized carbons (Fsp3) is 0.321. The third kappa shape index (κ3) is 7.10. The summed E-state index contributed by atoms with van der Waals surface area (Å²) in [5, 5.41) is 0.0946. The van der Waals surface area contributed by atoms with Crippen LogP contribution in [0.25, 0.3) is 11.1 Å². The second-order valence-corrected chi connectivity index (χ2v) is 9.41. The molecule has 0 radical (unpaired) electrons. The van der Waals surface area contributed by atoms with E-state index in [1.807, 2.05) is 31.3 Å². The van der Waals surface area contributed by atoms with Gasteiger partial charge in [-0.1, -0.05) is 42.3 Å². The van der Waals surface area contributed by atoms with Gasteiger partial charge in [0, 0.05) is 6.42 Å². The predicted octanol–water partition coefficient (Wildman–Crippen LogP) is 5.77. The zero-order valence-corrected chi connectivity index (χ0v) is 21.0. The van der Waals surface area contributed by atoms with Gasteiger partial charge >= 0.3 is 0 Å². The van der Waals surface area contributed by atoms with E-state index in [-0.39, 0.29) is 5.25 Å². The van der Waals surface area contributed by atoms with Gasteiger partial charge in [0.15, 0.2) is 0 Å². The van der Waals surface area contributed by atoms with Crippen molar-refractivity contribution in [2.24, 2.45) is 5.73 Å². The van der Waals surface area contributed by atoms with Crippen molar-refractivity contribution in [1.82, 2.24) is 4.72 Å². The molecule has 3 aromatic carbocycles. The van der Waals surface area contributed by atoms with Gasteiger partial charge in [-0.05, 0) is 97.6 Å². The molecule has 0 aliphatic heterocycles. The normalized spacial score (nSPS) is 11.8. The van der Waals surface area contributed by atoms with Crippen molar-refractivity contribution >= 4 is 18.2 Å². The molecule has 180 valence electrons. The number of carbonyl (C=O) groups is 1. The van der Waals surface area contributed by atoms with E-state index in [1.165, 1.54) is 22.3 Å². The number of hydrogen-bond acceptors (Lipinski definition) is 6. The maximum Gasteiger partial charge on any atom is 0.121 e. The Balaban J connectivity index is 1.69. The van der Waals surface area contributed by atoms with Crippen molar-refractivity contribution in [3.05, 3.63) is 82.9 Å². The minimum absolute atomic E-state index is 0.0946. The molecule has 0 heterocycles. The minimum atomic E-state index is 0.0946. The first kappa shape index (κ1) is 25.8. The van der Waals surface area contributed by atoms with Crippen LogP contribution in [-0.2, 0) is 11.4 Å². The van der Waals surface area contributed by atoms with Crippen LogP contribution in [0.3, 0.4) is 0 Å². The molecule has 34 heavy (non-hydrogen) atoms. The second kappa shape index (κ2) is 13.2. The van der Waals surface area contributed by atoms with Crippen molar-refractivity contribution in [1.29, 1.82) is 0 Å². The number of nitrogens with two attached hydrogens (primary N) is 1. The van der Waals surface area contributed by atoms with Crippen LogP contribution in [-0.4, -0.2) is 26.5 Å². The molecule has 3 N–H and O–H groups in total. The van der Waals surface area contributed by atoms with Crippen LogP contribution in [0, 0.1) is 13.8 Å². The summed E-state index contributed by atoms with van der Waals surface area (Å²) in [5.74, 6) is 1.69. The highest BCUT2D eigenvalue weighted by atomic mass is 32.2. The summed E-state index contributed by atoms with van der Waals surface area (Å²) in [6.07, 6.45) is 2.27. The molecule has 1 unspecified atom stereocenters. The number of hydrogen-bond donors (Lipinski definition) is 2. The number of carbonyl (C=O) groups excluding carboxylic acids is 1. The Bertz CT molecular complexity index is 1050. The number of rotatable bonds is 13. The third-order valence-electron chi connectivity index (χ3n) is 5.57. The lowest BCUT2D eigenvalue weighted by molar-refractivity contribution is -0.107. The first-order valence-electron chi connectivity index (χ1n) is 11.6. The zero-order chi connectivity index (χ0) is 24.3. The Labute approximate surface area is 207 Å². The van der Waals surface area contributed by atoms with Gasteiger partial charge in [0.1, 0.15) is 24.4 Å². The van der Waals surface area contributed by atoms with Gasteiger partial charge in [-0.25, -0.2) is 0 Å². The molecule has 0 aromatic heterocycles. The summed E-state index contributed by atoms with van der Waals surface area (Å²) in [7, 11) is 1.86. The molecule has 0 saturated heterocycles. The highest BCUT2D eigenvalue weighted by Crippen LogP contribution is 2.32. The quantitative estimate of drug-likeness (QED) is 0.184. The largest absolute Gasteiger partial charge is 0.494 e. The Morgan fingerprint density at radius 1 is 1.00 bits per heavy atom. The molecule has 0 aliphatic carbocycles. The van der Waals surface area contributed by atoms with E-state index in [0.29, 0.717) is 26.2 Å². The first-order chi connectivity index (χ1) is 16.5. The maximum atomic E-state index is 11.0. The van der Waals surface area contributed by atoms with Crippen LogP contribution in [0.2, 0.25) is 0 Å². The fourth-order valence-corrected chi connectivity index (χ4v) is 4.73. The van der Waals surface area contributed by atoms with Crippen LogP contribution >= 0.6 is 11.9 Å². The summed E-state index contributed by atoms with van der Waals surface area (Å²) in [6, 6.07) is 20.6. The van der Waals surface area contributed by atoms with Crippen LogP contribution in [0.4, 0.5) is 0 Å². The smallest absolute Gasteiger partial charge is 0.121 e. The molecule has 3 aromatic rings. The number of nitrogens with one attached hydrogen (secondary N) is 1. The molecule has 0 bridgehead atoms. The Morgan fingerprint density at radius 3 is 2.38 bits per heavy atom. The van der Waals surface area contributed by atoms with E-state index in [9.17, 15) is 4.79 Å². The average Bonchev–Trinajstić information content (AvgIpc) is 2.83. The molecular formula is C28H34N2O3S. The van der Waals surface area contributed by atoms with Crippen LogP contribution < -0.4 is 19.9 Å². The Kier molecular flexibility index (Phi) is 10.0. The minimum Gasteiger partial charge on any atom is -0.494 e. The van der Waals surface area contributed by atoms with Crippen LogP contribution in [0.1, 0.15) is 40.3 Å². The van der Waals surface area contributed by atoms with Crippen LogP contribution in [0.15, 0.2) is 60.7 Å². The van der Waals surface area contributed by atoms with E-state index in [2.05, 4.69) is 55.0 Å². The summed E-state index contributed by atoms with van der Waals surface area (Å²) in [5.41, 5.74) is 12.5. The van der Waals surface area contributed by atoms with E-state index in [4.69, 9.17) is 15.2 Å². The summed E-state index contributed by atoms with van der Waals surface area (Å²) in [4.78, 5) is 11.0. The molecule has 3 rings (SSSR count). The van der Waals surface area contributed by atoms with E-state index >= 15 is 0 Å². The topological polar surface area (TPSA) is 73.6 Å². The van der Waals surface area contributed by atoms with Crippen molar-refractivity contribution < 1.29 is 14.3 Å². The highest BCUT2D eigenvalue weighted by molar-refractivity contribution is 7.97. The lowest BCUT2D eigenvalue weighted by Crippen LogP contribution is -2.06. The molecule has 5 nitrogen and oxygen atoms in total. The Hall–Kier alpha value is -2.80. The number of ether oxygens (including phenoxy) is 2. The molecule has 6 heteroatoms. The van der Waals surface area contributed by atoms with Gasteiger partial charge in [0.05, 0.1) is 11.9 Å². The van der Waals surface area contributed by atoms with Gasteiger partial charge in [-0.3, -0.25) is 4.72 Å². The summed E-state index contributed by atoms with van der Waals surface area (Å²) >= 11 is 1.54. The van der Waals surface area contributed by atoms with Gasteiger partial charge < -0.3 is 20.0 Å². The average molecular weight is 479 g/mol. The predicted molar refractivity (Wildman–Crippen MR) is 141 cm³/mol. The van der Waals surface area contributed by atoms with Crippen molar-refractivity contribution in [2.75, 3.05) is 20.2 Å². The number of benzene rings is 3. The summed E-state index contributed by atoms with van der Waals surface area (Å²) in [6.45, 7) is 5.98. The Morgan fingerprint density at radius 2 is 1.74 bits per heavy atom. The van der Waals surface area contributed by atoms with Crippen molar-refractivity contribution in [3.8, 4) is 22.6 Å². The highest BCUT2D eigenvalue weighted by Gasteiger charge is 2.12. The second-order valence-electron chi connectivity index (χ2n) is 8.19. The van der Waals surface area contributed by atoms with Crippen molar-refractivity contribution in [3.63, 3.8) is 0 Å². The van der Waals surface area contributed by atoms with Gasteiger partial charge in [0.2, 0.25) is 0 Å². The SMILES string of the molecule is CNSC(CC=O)c1ccc(OCc2cccc(-c3c(C)cc(OCCCN)cc3C)c2)cc1. The van der Waals surface area contributed by atoms with Crippen LogP contribution in [0.5, 0.6) is 11.5 Å². The van der Waals surface area contributed by atoms with E-state index in [1.54, 1.807) is 11.9 Å². The number of aldehydes is 1. The molecule has 0 spiro atoms. The standard InChI is InChI=1S/C28H34N2O3S/c1-20-16-26(32-15-5-13-29)17-21(2)28(20)24-7-4-6-22(18-24)19-33-25-10-8-23(9-11-25)27(12-14-31)34-30-3/h4,6-11,14,16-18,27,30H,5,12-13,15,19,29H2,1-3H3. The lowest BCUT2D eigenvalue weighted by atomic mass is 9.94. The molecule has 0 fully saturated rings. The fourth-order valence-electron chi connectivity index (χ4n) is 3.98. The monoisotopic (exact) mass is 478 g/mol. The van der Waals surface area contributed by atoms with Gasteiger partial charge in [-0.2, -0.15) is 0 Å². The third-order valence-corrected chi connectivity index (χ3v) is 6.55. The van der Waals surface area contributed by atoms with E-state index < -0.39 is 0 Å². The summed E-state index contributed by atoms with van der Waals surface area (Å²) < 4.78 is 15.0. The van der Waals surface area contributed by atoms with Gasteiger partial charge in [0.25, 0.3) is 0 Å². The molecule has 0 aliphatic rings. The van der Waals surface area contributed by atoms with E-state index in [0.717, 1.165) is 35.3 Å². The van der Waals surface area contributed by atoms with Gasteiger partial charge in [-0.15, -0.1) is 0 Å². The molecule has 1 atom stereocenters. The lowest BCUT2D eigenvalue weighted by Gasteiger charge is -2.15.